The third kappa shape index (κ3) is 3.30. The van der Waals surface area contributed by atoms with Crippen molar-refractivity contribution in [3.05, 3.63) is 59.4 Å². The number of ether oxygens (including phenoxy) is 1. The number of para-hydroxylation sites is 1. The largest absolute Gasteiger partial charge is 0.496 e. The number of aromatic nitrogens is 1. The quantitative estimate of drug-likeness (QED) is 0.636. The summed E-state index contributed by atoms with van der Waals surface area (Å²) in [7, 11) is 1.68. The van der Waals surface area contributed by atoms with Crippen LogP contribution in [0.2, 0.25) is 0 Å². The predicted octanol–water partition coefficient (Wildman–Crippen LogP) is 2.15. The number of rotatable bonds is 5. The molecular formula is C15H19N3O. The van der Waals surface area contributed by atoms with Gasteiger partial charge in [0, 0.05) is 11.9 Å². The van der Waals surface area contributed by atoms with E-state index in [1.165, 1.54) is 0 Å². The molecule has 0 saturated heterocycles. The van der Waals surface area contributed by atoms with E-state index in [2.05, 4.69) is 16.5 Å². The van der Waals surface area contributed by atoms with Crippen molar-refractivity contribution in [2.75, 3.05) is 7.11 Å². The van der Waals surface area contributed by atoms with E-state index in [-0.39, 0.29) is 6.04 Å². The number of aryl methyl sites for hydroxylation is 1. The first kappa shape index (κ1) is 13.5. The lowest BCUT2D eigenvalue weighted by Gasteiger charge is -2.18. The van der Waals surface area contributed by atoms with Gasteiger partial charge in [0.2, 0.25) is 0 Å². The molecule has 0 amide bonds. The molecule has 0 aliphatic heterocycles. The van der Waals surface area contributed by atoms with Crippen molar-refractivity contribution >= 4 is 0 Å². The molecule has 1 heterocycles. The first-order valence-electron chi connectivity index (χ1n) is 6.25. The first-order chi connectivity index (χ1) is 9.24. The molecule has 2 aromatic rings. The molecule has 1 aromatic heterocycles. The molecule has 4 nitrogen and oxygen atoms in total. The molecule has 0 saturated carbocycles. The van der Waals surface area contributed by atoms with Gasteiger partial charge in [-0.15, -0.1) is 0 Å². The van der Waals surface area contributed by atoms with Gasteiger partial charge in [-0.1, -0.05) is 18.2 Å². The number of hydrazine groups is 1. The molecule has 0 radical (unpaired) electrons. The number of hydrogen-bond acceptors (Lipinski definition) is 4. The first-order valence-corrected chi connectivity index (χ1v) is 6.25. The zero-order valence-electron chi connectivity index (χ0n) is 11.3. The van der Waals surface area contributed by atoms with E-state index < -0.39 is 0 Å². The number of pyridine rings is 1. The highest BCUT2D eigenvalue weighted by Gasteiger charge is 2.13. The molecule has 19 heavy (non-hydrogen) atoms. The van der Waals surface area contributed by atoms with Crippen molar-refractivity contribution in [3.63, 3.8) is 0 Å². The van der Waals surface area contributed by atoms with Gasteiger partial charge in [-0.3, -0.25) is 16.3 Å². The van der Waals surface area contributed by atoms with E-state index >= 15 is 0 Å². The van der Waals surface area contributed by atoms with E-state index in [9.17, 15) is 0 Å². The van der Waals surface area contributed by atoms with Crippen molar-refractivity contribution in [1.82, 2.24) is 10.4 Å². The van der Waals surface area contributed by atoms with Gasteiger partial charge in [0.05, 0.1) is 13.2 Å². The number of benzene rings is 1. The van der Waals surface area contributed by atoms with Gasteiger partial charge in [-0.25, -0.2) is 0 Å². The van der Waals surface area contributed by atoms with Crippen LogP contribution in [0.3, 0.4) is 0 Å². The molecule has 0 aliphatic rings. The molecule has 1 aromatic carbocycles. The van der Waals surface area contributed by atoms with E-state index in [1.54, 1.807) is 13.3 Å². The summed E-state index contributed by atoms with van der Waals surface area (Å²) in [6, 6.07) is 12.0. The molecular weight excluding hydrogens is 238 g/mol. The van der Waals surface area contributed by atoms with Gasteiger partial charge in [-0.2, -0.15) is 0 Å². The minimum absolute atomic E-state index is 0.0398. The molecule has 100 valence electrons. The van der Waals surface area contributed by atoms with E-state index in [0.717, 1.165) is 29.0 Å². The fourth-order valence-electron chi connectivity index (χ4n) is 2.15. The third-order valence-electron chi connectivity index (χ3n) is 3.14. The molecule has 0 bridgehead atoms. The summed E-state index contributed by atoms with van der Waals surface area (Å²) in [5.41, 5.74) is 6.10. The van der Waals surface area contributed by atoms with Crippen LogP contribution in [-0.4, -0.2) is 12.1 Å². The predicted molar refractivity (Wildman–Crippen MR) is 75.7 cm³/mol. The molecule has 0 aliphatic carbocycles. The van der Waals surface area contributed by atoms with Crippen LogP contribution in [0.4, 0.5) is 0 Å². The summed E-state index contributed by atoms with van der Waals surface area (Å²) < 4.78 is 5.37. The fourth-order valence-corrected chi connectivity index (χ4v) is 2.15. The van der Waals surface area contributed by atoms with Crippen LogP contribution in [0, 0.1) is 6.92 Å². The maximum atomic E-state index is 5.68. The number of nitrogens with two attached hydrogens (primary N) is 1. The van der Waals surface area contributed by atoms with Gasteiger partial charge in [0.25, 0.3) is 0 Å². The Kier molecular flexibility index (Phi) is 4.49. The number of nitrogens with one attached hydrogen (secondary N) is 1. The minimum Gasteiger partial charge on any atom is -0.496 e. The van der Waals surface area contributed by atoms with Gasteiger partial charge in [0.1, 0.15) is 5.75 Å². The van der Waals surface area contributed by atoms with Crippen molar-refractivity contribution < 1.29 is 4.74 Å². The van der Waals surface area contributed by atoms with Gasteiger partial charge in [0.15, 0.2) is 0 Å². The highest BCUT2D eigenvalue weighted by Crippen LogP contribution is 2.24. The van der Waals surface area contributed by atoms with Crippen LogP contribution in [-0.2, 0) is 6.42 Å². The Morgan fingerprint density at radius 1 is 1.32 bits per heavy atom. The van der Waals surface area contributed by atoms with Crippen LogP contribution < -0.4 is 16.0 Å². The van der Waals surface area contributed by atoms with Crippen LogP contribution >= 0.6 is 0 Å². The second-order valence-electron chi connectivity index (χ2n) is 4.47. The fraction of sp³-hybridized carbons (Fsp3) is 0.267. The van der Waals surface area contributed by atoms with Crippen molar-refractivity contribution in [2.24, 2.45) is 5.84 Å². The lowest BCUT2D eigenvalue weighted by molar-refractivity contribution is 0.405. The topological polar surface area (TPSA) is 60.2 Å². The monoisotopic (exact) mass is 257 g/mol. The number of nitrogens with zero attached hydrogens (tertiary/aromatic N) is 1. The molecule has 2 rings (SSSR count). The van der Waals surface area contributed by atoms with Crippen LogP contribution in [0.25, 0.3) is 0 Å². The second kappa shape index (κ2) is 6.31. The van der Waals surface area contributed by atoms with Crippen molar-refractivity contribution in [2.45, 2.75) is 19.4 Å². The SMILES string of the molecule is COc1ccccc1CC(NN)c1ccnc(C)c1. The molecule has 3 N–H and O–H groups in total. The summed E-state index contributed by atoms with van der Waals surface area (Å²) in [4.78, 5) is 4.20. The summed E-state index contributed by atoms with van der Waals surface area (Å²) in [5, 5.41) is 0. The molecule has 0 spiro atoms. The maximum Gasteiger partial charge on any atom is 0.122 e. The molecule has 1 atom stereocenters. The van der Waals surface area contributed by atoms with Crippen molar-refractivity contribution in [3.8, 4) is 5.75 Å². The number of methoxy groups -OCH3 is 1. The summed E-state index contributed by atoms with van der Waals surface area (Å²) in [6.45, 7) is 1.97. The lowest BCUT2D eigenvalue weighted by Crippen LogP contribution is -2.29. The van der Waals surface area contributed by atoms with Crippen molar-refractivity contribution in [1.29, 1.82) is 0 Å². The minimum atomic E-state index is 0.0398. The van der Waals surface area contributed by atoms with Gasteiger partial charge in [-0.05, 0) is 42.7 Å². The Morgan fingerprint density at radius 3 is 2.79 bits per heavy atom. The zero-order chi connectivity index (χ0) is 13.7. The lowest BCUT2D eigenvalue weighted by atomic mass is 9.99. The Balaban J connectivity index is 2.24. The Bertz CT molecular complexity index is 542. The molecule has 0 fully saturated rings. The maximum absolute atomic E-state index is 5.68. The van der Waals surface area contributed by atoms with E-state index in [1.807, 2.05) is 37.3 Å². The molecule has 1 unspecified atom stereocenters. The Morgan fingerprint density at radius 2 is 2.11 bits per heavy atom. The van der Waals surface area contributed by atoms with Crippen LogP contribution in [0.1, 0.15) is 22.9 Å². The highest BCUT2D eigenvalue weighted by molar-refractivity contribution is 5.35. The van der Waals surface area contributed by atoms with Gasteiger partial charge < -0.3 is 4.74 Å². The molecule has 4 heteroatoms. The smallest absolute Gasteiger partial charge is 0.122 e. The average Bonchev–Trinajstić information content (AvgIpc) is 2.45. The standard InChI is InChI=1S/C15H19N3O/c1-11-9-12(7-8-17-11)14(18-16)10-13-5-3-4-6-15(13)19-2/h3-9,14,18H,10,16H2,1-2H3. The summed E-state index contributed by atoms with van der Waals surface area (Å²) in [5.74, 6) is 6.57. The summed E-state index contributed by atoms with van der Waals surface area (Å²) in [6.07, 6.45) is 2.57. The Labute approximate surface area is 113 Å². The number of hydrogen-bond donors (Lipinski definition) is 2. The highest BCUT2D eigenvalue weighted by atomic mass is 16.5. The van der Waals surface area contributed by atoms with E-state index in [4.69, 9.17) is 10.6 Å². The Hall–Kier alpha value is -1.91. The van der Waals surface area contributed by atoms with Crippen LogP contribution in [0.5, 0.6) is 5.75 Å². The van der Waals surface area contributed by atoms with Crippen LogP contribution in [0.15, 0.2) is 42.6 Å². The average molecular weight is 257 g/mol. The third-order valence-corrected chi connectivity index (χ3v) is 3.14. The van der Waals surface area contributed by atoms with Gasteiger partial charge >= 0.3 is 0 Å². The van der Waals surface area contributed by atoms with E-state index in [0.29, 0.717) is 0 Å². The second-order valence-corrected chi connectivity index (χ2v) is 4.47. The normalized spacial score (nSPS) is 12.2. The zero-order valence-corrected chi connectivity index (χ0v) is 11.3. The summed E-state index contributed by atoms with van der Waals surface area (Å²) >= 11 is 0.